The van der Waals surface area contributed by atoms with E-state index in [1.54, 1.807) is 6.07 Å². The number of hydrogen-bond acceptors (Lipinski definition) is 3. The molecule has 0 spiro atoms. The number of carbonyl (C=O) groups is 2. The lowest BCUT2D eigenvalue weighted by atomic mass is 10.2. The van der Waals surface area contributed by atoms with Gasteiger partial charge < -0.3 is 15.1 Å². The smallest absolute Gasteiger partial charge is 0.287 e. The summed E-state index contributed by atoms with van der Waals surface area (Å²) in [5.74, 6) is -1.43. The molecule has 1 aromatic carbocycles. The van der Waals surface area contributed by atoms with E-state index in [0.717, 1.165) is 6.07 Å². The molecule has 1 atom stereocenters. The molecule has 1 aromatic heterocycles. The summed E-state index contributed by atoms with van der Waals surface area (Å²) >= 11 is 5.62. The number of benzene rings is 1. The Labute approximate surface area is 125 Å². The average Bonchev–Trinajstić information content (AvgIpc) is 2.97. The number of halogens is 2. The van der Waals surface area contributed by atoms with E-state index in [4.69, 9.17) is 16.0 Å². The maximum absolute atomic E-state index is 13.0. The van der Waals surface area contributed by atoms with Crippen LogP contribution < -0.4 is 10.6 Å². The summed E-state index contributed by atoms with van der Waals surface area (Å²) in [7, 11) is 0. The van der Waals surface area contributed by atoms with Gasteiger partial charge in [-0.05, 0) is 37.3 Å². The molecule has 0 aliphatic rings. The fourth-order valence-electron chi connectivity index (χ4n) is 1.57. The zero-order valence-electron chi connectivity index (χ0n) is 11.0. The number of hydrogen-bond donors (Lipinski definition) is 2. The van der Waals surface area contributed by atoms with Gasteiger partial charge in [-0.2, -0.15) is 0 Å². The van der Waals surface area contributed by atoms with Crippen molar-refractivity contribution in [2.24, 2.45) is 0 Å². The van der Waals surface area contributed by atoms with Crippen molar-refractivity contribution in [3.63, 3.8) is 0 Å². The number of amides is 2. The summed E-state index contributed by atoms with van der Waals surface area (Å²) < 4.78 is 17.9. The highest BCUT2D eigenvalue weighted by atomic mass is 35.5. The van der Waals surface area contributed by atoms with Gasteiger partial charge in [0, 0.05) is 5.69 Å². The number of nitrogens with one attached hydrogen (secondary N) is 2. The molecule has 1 heterocycles. The number of furan rings is 1. The van der Waals surface area contributed by atoms with Gasteiger partial charge in [0.2, 0.25) is 5.91 Å². The molecule has 2 rings (SSSR count). The Morgan fingerprint density at radius 1 is 1.33 bits per heavy atom. The molecule has 0 aliphatic carbocycles. The minimum Gasteiger partial charge on any atom is -0.459 e. The molecular weight excluding hydrogens is 299 g/mol. The first kappa shape index (κ1) is 15.1. The van der Waals surface area contributed by atoms with Crippen molar-refractivity contribution in [3.05, 3.63) is 53.2 Å². The highest BCUT2D eigenvalue weighted by molar-refractivity contribution is 6.31. The number of carbonyl (C=O) groups excluding carboxylic acids is 2. The molecular formula is C14H12ClFN2O3. The fourth-order valence-corrected chi connectivity index (χ4v) is 1.75. The molecule has 0 saturated heterocycles. The third-order valence-electron chi connectivity index (χ3n) is 2.67. The molecule has 110 valence electrons. The molecule has 0 fully saturated rings. The molecule has 1 unspecified atom stereocenters. The molecule has 0 radical (unpaired) electrons. The zero-order chi connectivity index (χ0) is 15.4. The maximum atomic E-state index is 13.0. The Morgan fingerprint density at radius 3 is 2.71 bits per heavy atom. The van der Waals surface area contributed by atoms with Crippen LogP contribution in [-0.4, -0.2) is 17.9 Å². The lowest BCUT2D eigenvalue weighted by Gasteiger charge is -2.13. The second-order valence-corrected chi connectivity index (χ2v) is 4.70. The van der Waals surface area contributed by atoms with Crippen LogP contribution in [0.5, 0.6) is 0 Å². The van der Waals surface area contributed by atoms with Gasteiger partial charge in [0.15, 0.2) is 5.76 Å². The largest absolute Gasteiger partial charge is 0.459 e. The van der Waals surface area contributed by atoms with E-state index >= 15 is 0 Å². The lowest BCUT2D eigenvalue weighted by molar-refractivity contribution is -0.117. The van der Waals surface area contributed by atoms with Crippen molar-refractivity contribution in [2.75, 3.05) is 5.32 Å². The molecule has 21 heavy (non-hydrogen) atoms. The Hall–Kier alpha value is -2.34. The second kappa shape index (κ2) is 6.41. The Balaban J connectivity index is 1.96. The quantitative estimate of drug-likeness (QED) is 0.912. The molecule has 7 heteroatoms. The third kappa shape index (κ3) is 3.82. The van der Waals surface area contributed by atoms with Crippen LogP contribution in [0.3, 0.4) is 0 Å². The molecule has 2 amide bonds. The highest BCUT2D eigenvalue weighted by Gasteiger charge is 2.18. The van der Waals surface area contributed by atoms with Crippen molar-refractivity contribution in [3.8, 4) is 0 Å². The summed E-state index contributed by atoms with van der Waals surface area (Å²) in [6.07, 6.45) is 1.36. The normalized spacial score (nSPS) is 11.8. The molecule has 2 aromatic rings. The predicted octanol–water partition coefficient (Wildman–Crippen LogP) is 2.83. The maximum Gasteiger partial charge on any atom is 0.287 e. The summed E-state index contributed by atoms with van der Waals surface area (Å²) in [5.41, 5.74) is 0.338. The van der Waals surface area contributed by atoms with Crippen LogP contribution in [0.1, 0.15) is 17.5 Å². The highest BCUT2D eigenvalue weighted by Crippen LogP contribution is 2.19. The summed E-state index contributed by atoms with van der Waals surface area (Å²) in [4.78, 5) is 23.6. The summed E-state index contributed by atoms with van der Waals surface area (Å²) in [5, 5.41) is 4.90. The van der Waals surface area contributed by atoms with Crippen LogP contribution in [0.4, 0.5) is 10.1 Å². The minimum atomic E-state index is -0.800. The van der Waals surface area contributed by atoms with Gasteiger partial charge in [0.25, 0.3) is 5.91 Å². The molecule has 0 aliphatic heterocycles. The number of anilines is 1. The monoisotopic (exact) mass is 310 g/mol. The van der Waals surface area contributed by atoms with Gasteiger partial charge in [-0.3, -0.25) is 9.59 Å². The van der Waals surface area contributed by atoms with Crippen LogP contribution in [0.15, 0.2) is 41.0 Å². The van der Waals surface area contributed by atoms with Crippen LogP contribution in [-0.2, 0) is 4.79 Å². The topological polar surface area (TPSA) is 71.3 Å². The van der Waals surface area contributed by atoms with Crippen LogP contribution in [0.2, 0.25) is 5.02 Å². The van der Waals surface area contributed by atoms with Gasteiger partial charge in [-0.25, -0.2) is 4.39 Å². The Kier molecular flexibility index (Phi) is 4.59. The summed E-state index contributed by atoms with van der Waals surface area (Å²) in [6, 6.07) is 6.06. The van der Waals surface area contributed by atoms with Crippen LogP contribution >= 0.6 is 11.6 Å². The lowest BCUT2D eigenvalue weighted by Crippen LogP contribution is -2.41. The zero-order valence-corrected chi connectivity index (χ0v) is 11.8. The van der Waals surface area contributed by atoms with Gasteiger partial charge >= 0.3 is 0 Å². The van der Waals surface area contributed by atoms with Gasteiger partial charge in [-0.15, -0.1) is 0 Å². The van der Waals surface area contributed by atoms with Crippen molar-refractivity contribution in [1.29, 1.82) is 0 Å². The average molecular weight is 311 g/mol. The SMILES string of the molecule is CC(NC(=O)c1ccco1)C(=O)Nc1ccc(F)c(Cl)c1. The molecule has 0 bridgehead atoms. The van der Waals surface area contributed by atoms with E-state index in [0.29, 0.717) is 5.69 Å². The molecule has 0 saturated carbocycles. The van der Waals surface area contributed by atoms with E-state index in [2.05, 4.69) is 10.6 Å². The standard InChI is InChI=1S/C14H12ClFN2O3/c1-8(17-14(20)12-3-2-6-21-12)13(19)18-9-4-5-11(16)10(15)7-9/h2-8H,1H3,(H,17,20)(H,18,19). The fraction of sp³-hybridized carbons (Fsp3) is 0.143. The van der Waals surface area contributed by atoms with E-state index in [1.807, 2.05) is 0 Å². The molecule has 2 N–H and O–H groups in total. The first-order valence-corrected chi connectivity index (χ1v) is 6.45. The summed E-state index contributed by atoms with van der Waals surface area (Å²) in [6.45, 7) is 1.52. The van der Waals surface area contributed by atoms with Gasteiger partial charge in [0.05, 0.1) is 11.3 Å². The van der Waals surface area contributed by atoms with E-state index in [1.165, 1.54) is 31.4 Å². The Bertz CT molecular complexity index is 658. The van der Waals surface area contributed by atoms with Crippen LogP contribution in [0, 0.1) is 5.82 Å². The second-order valence-electron chi connectivity index (χ2n) is 4.29. The van der Waals surface area contributed by atoms with Crippen molar-refractivity contribution < 1.29 is 18.4 Å². The van der Waals surface area contributed by atoms with Gasteiger partial charge in [-0.1, -0.05) is 11.6 Å². The van der Waals surface area contributed by atoms with Crippen molar-refractivity contribution in [2.45, 2.75) is 13.0 Å². The van der Waals surface area contributed by atoms with Crippen molar-refractivity contribution >= 4 is 29.1 Å². The third-order valence-corrected chi connectivity index (χ3v) is 2.96. The van der Waals surface area contributed by atoms with Crippen LogP contribution in [0.25, 0.3) is 0 Å². The van der Waals surface area contributed by atoms with Crippen molar-refractivity contribution in [1.82, 2.24) is 5.32 Å². The van der Waals surface area contributed by atoms with E-state index in [9.17, 15) is 14.0 Å². The minimum absolute atomic E-state index is 0.0972. The first-order valence-electron chi connectivity index (χ1n) is 6.07. The van der Waals surface area contributed by atoms with Gasteiger partial charge in [0.1, 0.15) is 11.9 Å². The number of rotatable bonds is 4. The molecule has 5 nitrogen and oxygen atoms in total. The predicted molar refractivity (Wildman–Crippen MR) is 75.7 cm³/mol. The first-order chi connectivity index (χ1) is 9.97. The van der Waals surface area contributed by atoms with E-state index < -0.39 is 23.7 Å². The van der Waals surface area contributed by atoms with E-state index in [-0.39, 0.29) is 10.8 Å². The Morgan fingerprint density at radius 2 is 2.10 bits per heavy atom.